The Morgan fingerprint density at radius 2 is 1.56 bits per heavy atom. The minimum absolute atomic E-state index is 0.0919. The van der Waals surface area contributed by atoms with Crippen molar-refractivity contribution in [2.45, 2.75) is 23.5 Å². The van der Waals surface area contributed by atoms with Crippen LogP contribution in [0.25, 0.3) is 6.08 Å². The van der Waals surface area contributed by atoms with Gasteiger partial charge >= 0.3 is 0 Å². The molecule has 208 valence electrons. The Hall–Kier alpha value is -3.66. The molecule has 4 aromatic carbocycles. The molecule has 3 amide bonds. The third kappa shape index (κ3) is 8.91. The summed E-state index contributed by atoms with van der Waals surface area (Å²) in [6.45, 7) is 1.96. The van der Waals surface area contributed by atoms with Crippen molar-refractivity contribution in [3.05, 3.63) is 129 Å². The topological polar surface area (TPSA) is 87.3 Å². The van der Waals surface area contributed by atoms with Crippen molar-refractivity contribution >= 4 is 78.8 Å². The van der Waals surface area contributed by atoms with Crippen molar-refractivity contribution in [2.24, 2.45) is 0 Å². The maximum Gasteiger partial charge on any atom is 0.272 e. The molecule has 4 rings (SSSR count). The van der Waals surface area contributed by atoms with Gasteiger partial charge in [0, 0.05) is 25.1 Å². The molecule has 0 fully saturated rings. The van der Waals surface area contributed by atoms with Gasteiger partial charge in [0.2, 0.25) is 5.91 Å². The maximum absolute atomic E-state index is 13.4. The fourth-order valence-electron chi connectivity index (χ4n) is 3.81. The van der Waals surface area contributed by atoms with Gasteiger partial charge in [-0.15, -0.1) is 11.8 Å². The highest BCUT2D eigenvalue weighted by atomic mass is 79.9. The van der Waals surface area contributed by atoms with E-state index in [4.69, 9.17) is 0 Å². The van der Waals surface area contributed by atoms with E-state index in [2.05, 4.69) is 47.8 Å². The molecule has 0 saturated carbocycles. The molecule has 0 bridgehead atoms. The Balaban J connectivity index is 1.50. The van der Waals surface area contributed by atoms with Gasteiger partial charge in [-0.2, -0.15) is 0 Å². The van der Waals surface area contributed by atoms with Crippen LogP contribution in [-0.4, -0.2) is 23.0 Å². The molecule has 0 aliphatic rings. The van der Waals surface area contributed by atoms with E-state index in [1.54, 1.807) is 36.4 Å². The summed E-state index contributed by atoms with van der Waals surface area (Å²) in [5, 5.41) is 8.27. The minimum Gasteiger partial charge on any atom is -0.324 e. The Bertz CT molecular complexity index is 1580. The van der Waals surface area contributed by atoms with Crippen LogP contribution in [0, 0.1) is 0 Å². The van der Waals surface area contributed by atoms with Gasteiger partial charge < -0.3 is 16.0 Å². The highest BCUT2D eigenvalue weighted by Gasteiger charge is 2.20. The first-order chi connectivity index (χ1) is 19.8. The number of nitrogens with one attached hydrogen (secondary N) is 3. The van der Waals surface area contributed by atoms with E-state index in [0.29, 0.717) is 23.4 Å². The van der Waals surface area contributed by atoms with E-state index in [1.165, 1.54) is 11.8 Å². The van der Waals surface area contributed by atoms with Crippen molar-refractivity contribution in [3.8, 4) is 0 Å². The number of amides is 3. The van der Waals surface area contributed by atoms with Gasteiger partial charge in [-0.25, -0.2) is 0 Å². The monoisotopic (exact) mass is 691 g/mol. The van der Waals surface area contributed by atoms with E-state index in [1.807, 2.05) is 79.7 Å². The lowest BCUT2D eigenvalue weighted by atomic mass is 10.1. The summed E-state index contributed by atoms with van der Waals surface area (Å²) in [6.07, 6.45) is 2.24. The third-order valence-electron chi connectivity index (χ3n) is 5.85. The van der Waals surface area contributed by atoms with Crippen molar-refractivity contribution in [2.75, 3.05) is 10.6 Å². The second-order valence-corrected chi connectivity index (χ2v) is 11.9. The molecule has 0 aromatic heterocycles. The Kier molecular flexibility index (Phi) is 11.0. The summed E-state index contributed by atoms with van der Waals surface area (Å²) in [7, 11) is 0. The molecule has 0 aliphatic carbocycles. The standard InChI is InChI=1S/C32H27Br2N3O3S/c1-2-29(32(40)36-27-17-7-6-16-26(27)34)41-25-15-9-14-24(20-25)35-31(39)28(19-21-10-8-13-23(33)18-21)37-30(38)22-11-4-3-5-12-22/h3-20,29H,2H2,1H3,(H,35,39)(H,36,40)(H,37,38)/b28-19+. The fourth-order valence-corrected chi connectivity index (χ4v) is 5.63. The molecular weight excluding hydrogens is 666 g/mol. The first-order valence-electron chi connectivity index (χ1n) is 12.8. The highest BCUT2D eigenvalue weighted by molar-refractivity contribution is 9.10. The van der Waals surface area contributed by atoms with Gasteiger partial charge in [0.05, 0.1) is 10.9 Å². The van der Waals surface area contributed by atoms with E-state index in [0.717, 1.165) is 19.4 Å². The van der Waals surface area contributed by atoms with E-state index in [9.17, 15) is 14.4 Å². The Morgan fingerprint density at radius 3 is 2.29 bits per heavy atom. The van der Waals surface area contributed by atoms with Crippen LogP contribution < -0.4 is 16.0 Å². The van der Waals surface area contributed by atoms with Crippen molar-refractivity contribution in [1.29, 1.82) is 0 Å². The summed E-state index contributed by atoms with van der Waals surface area (Å²) in [5.41, 5.74) is 2.51. The molecule has 0 heterocycles. The number of para-hydroxylation sites is 1. The van der Waals surface area contributed by atoms with Crippen molar-refractivity contribution in [1.82, 2.24) is 5.32 Å². The van der Waals surface area contributed by atoms with Gasteiger partial charge in [0.15, 0.2) is 0 Å². The number of anilines is 2. The molecule has 0 spiro atoms. The maximum atomic E-state index is 13.4. The van der Waals surface area contributed by atoms with Crippen LogP contribution in [0.3, 0.4) is 0 Å². The first kappa shape index (κ1) is 30.3. The van der Waals surface area contributed by atoms with Crippen LogP contribution in [0.15, 0.2) is 123 Å². The predicted molar refractivity (Wildman–Crippen MR) is 174 cm³/mol. The molecule has 41 heavy (non-hydrogen) atoms. The lowest BCUT2D eigenvalue weighted by molar-refractivity contribution is -0.116. The molecule has 0 aliphatic heterocycles. The average Bonchev–Trinajstić information content (AvgIpc) is 2.97. The number of halogens is 2. The second kappa shape index (κ2) is 14.8. The molecule has 3 N–H and O–H groups in total. The van der Waals surface area contributed by atoms with Gasteiger partial charge in [0.25, 0.3) is 11.8 Å². The summed E-state index contributed by atoms with van der Waals surface area (Å²) in [5.74, 6) is -0.982. The molecule has 4 aromatic rings. The zero-order chi connectivity index (χ0) is 29.2. The van der Waals surface area contributed by atoms with E-state index >= 15 is 0 Å². The quantitative estimate of drug-likeness (QED) is 0.116. The van der Waals surface area contributed by atoms with Crippen LogP contribution in [0.5, 0.6) is 0 Å². The fraction of sp³-hybridized carbons (Fsp3) is 0.0938. The van der Waals surface area contributed by atoms with Crippen LogP contribution in [0.1, 0.15) is 29.3 Å². The number of hydrogen-bond acceptors (Lipinski definition) is 4. The van der Waals surface area contributed by atoms with Crippen molar-refractivity contribution < 1.29 is 14.4 Å². The Morgan fingerprint density at radius 1 is 0.829 bits per heavy atom. The number of rotatable bonds is 10. The first-order valence-corrected chi connectivity index (χ1v) is 15.3. The number of carbonyl (C=O) groups excluding carboxylic acids is 3. The molecule has 9 heteroatoms. The number of carbonyl (C=O) groups is 3. The third-order valence-corrected chi connectivity index (χ3v) is 8.40. The average molecular weight is 693 g/mol. The summed E-state index contributed by atoms with van der Waals surface area (Å²) in [6, 6.07) is 30.9. The Labute approximate surface area is 260 Å². The number of benzene rings is 4. The minimum atomic E-state index is -0.477. The van der Waals surface area contributed by atoms with E-state index < -0.39 is 11.8 Å². The molecule has 0 saturated heterocycles. The molecule has 1 unspecified atom stereocenters. The van der Waals surface area contributed by atoms with Gasteiger partial charge in [-0.3, -0.25) is 14.4 Å². The zero-order valence-corrected chi connectivity index (χ0v) is 26.1. The van der Waals surface area contributed by atoms with Crippen molar-refractivity contribution in [3.63, 3.8) is 0 Å². The van der Waals surface area contributed by atoms with Gasteiger partial charge in [-0.05, 0) is 88.6 Å². The number of thioether (sulfide) groups is 1. The molecule has 1 atom stereocenters. The largest absolute Gasteiger partial charge is 0.324 e. The molecule has 6 nitrogen and oxygen atoms in total. The van der Waals surface area contributed by atoms with Gasteiger partial charge in [-0.1, -0.05) is 71.4 Å². The lowest BCUT2D eigenvalue weighted by Gasteiger charge is -2.16. The van der Waals surface area contributed by atoms with Crippen LogP contribution in [0.2, 0.25) is 0 Å². The molecular formula is C32H27Br2N3O3S. The number of hydrogen-bond donors (Lipinski definition) is 3. The SMILES string of the molecule is CCC(Sc1cccc(NC(=O)/C(=C\c2cccc(Br)c2)NC(=O)c2ccccc2)c1)C(=O)Nc1ccccc1Br. The molecule has 0 radical (unpaired) electrons. The lowest BCUT2D eigenvalue weighted by Crippen LogP contribution is -2.30. The van der Waals surface area contributed by atoms with Crippen LogP contribution in [-0.2, 0) is 9.59 Å². The summed E-state index contributed by atoms with van der Waals surface area (Å²) >= 11 is 8.33. The summed E-state index contributed by atoms with van der Waals surface area (Å²) in [4.78, 5) is 40.1. The van der Waals surface area contributed by atoms with Crippen LogP contribution in [0.4, 0.5) is 11.4 Å². The predicted octanol–water partition coefficient (Wildman–Crippen LogP) is 8.13. The van der Waals surface area contributed by atoms with Gasteiger partial charge in [0.1, 0.15) is 5.70 Å². The normalized spacial score (nSPS) is 11.8. The highest BCUT2D eigenvalue weighted by Crippen LogP contribution is 2.30. The smallest absolute Gasteiger partial charge is 0.272 e. The zero-order valence-electron chi connectivity index (χ0n) is 22.1. The second-order valence-electron chi connectivity index (χ2n) is 8.90. The van der Waals surface area contributed by atoms with E-state index in [-0.39, 0.29) is 16.9 Å². The van der Waals surface area contributed by atoms with Crippen LogP contribution >= 0.6 is 43.6 Å². The summed E-state index contributed by atoms with van der Waals surface area (Å²) < 4.78 is 1.66.